The molecule has 0 fully saturated rings. The van der Waals surface area contributed by atoms with Crippen molar-refractivity contribution in [2.75, 3.05) is 0 Å². The molecule has 0 amide bonds. The summed E-state index contributed by atoms with van der Waals surface area (Å²) in [5, 5.41) is 2.29. The minimum absolute atomic E-state index is 0.428. The lowest BCUT2D eigenvalue weighted by Gasteiger charge is -1.95. The zero-order chi connectivity index (χ0) is 7.40. The zero-order valence-corrected chi connectivity index (χ0v) is 6.54. The van der Waals surface area contributed by atoms with Crippen LogP contribution in [0.2, 0.25) is 0 Å². The third-order valence-electron chi connectivity index (χ3n) is 0.972. The summed E-state index contributed by atoms with van der Waals surface area (Å²) in [6.07, 6.45) is 0. The van der Waals surface area contributed by atoms with Crippen LogP contribution in [0.15, 0.2) is 34.1 Å². The highest BCUT2D eigenvalue weighted by atomic mass is 79.9. The smallest absolute Gasteiger partial charge is 0.175 e. The second kappa shape index (κ2) is 3.31. The molecule has 0 heterocycles. The van der Waals surface area contributed by atoms with Crippen LogP contribution >= 0.6 is 15.9 Å². The van der Waals surface area contributed by atoms with E-state index in [0.717, 1.165) is 4.47 Å². The van der Waals surface area contributed by atoms with Crippen molar-refractivity contribution in [2.45, 2.75) is 0 Å². The molecule has 0 aliphatic carbocycles. The lowest BCUT2D eigenvalue weighted by Crippen LogP contribution is -1.79. The van der Waals surface area contributed by atoms with Gasteiger partial charge in [-0.25, -0.2) is 0 Å². The molecule has 1 aromatic rings. The standard InChI is InChI=1S/C6H4BrNO2/c7-5-3-1-2-4-6(5)10-8-9/h1-4H. The van der Waals surface area contributed by atoms with Crippen molar-refractivity contribution >= 4 is 15.9 Å². The summed E-state index contributed by atoms with van der Waals surface area (Å²) >= 11 is 3.17. The van der Waals surface area contributed by atoms with Crippen LogP contribution in [0.4, 0.5) is 0 Å². The normalized spacial score (nSPS) is 8.90. The molecule has 0 unspecified atom stereocenters. The van der Waals surface area contributed by atoms with Gasteiger partial charge in [-0.2, -0.15) is 0 Å². The number of nitrogens with zero attached hydrogens (tertiary/aromatic N) is 1. The Morgan fingerprint density at radius 3 is 2.70 bits per heavy atom. The Morgan fingerprint density at radius 2 is 2.10 bits per heavy atom. The van der Waals surface area contributed by atoms with Gasteiger partial charge in [0.2, 0.25) is 0 Å². The summed E-state index contributed by atoms with van der Waals surface area (Å²) in [5.41, 5.74) is 0. The molecular formula is C6H4BrNO2. The van der Waals surface area contributed by atoms with E-state index in [9.17, 15) is 4.91 Å². The number of halogens is 1. The zero-order valence-electron chi connectivity index (χ0n) is 4.95. The molecule has 10 heavy (non-hydrogen) atoms. The molecule has 0 aliphatic rings. The topological polar surface area (TPSA) is 38.7 Å². The van der Waals surface area contributed by atoms with Gasteiger partial charge in [0.1, 0.15) is 0 Å². The summed E-state index contributed by atoms with van der Waals surface area (Å²) in [4.78, 5) is 14.0. The van der Waals surface area contributed by atoms with Crippen molar-refractivity contribution in [3.63, 3.8) is 0 Å². The van der Waals surface area contributed by atoms with Gasteiger partial charge >= 0.3 is 0 Å². The Balaban J connectivity index is 2.91. The maximum Gasteiger partial charge on any atom is 0.175 e. The average molecular weight is 202 g/mol. The second-order valence-corrected chi connectivity index (χ2v) is 2.45. The van der Waals surface area contributed by atoms with Gasteiger partial charge in [-0.15, -0.1) is 4.91 Å². The lowest BCUT2D eigenvalue weighted by molar-refractivity contribution is 0.332. The third kappa shape index (κ3) is 1.54. The van der Waals surface area contributed by atoms with Crippen molar-refractivity contribution in [1.29, 1.82) is 0 Å². The number of benzene rings is 1. The highest BCUT2D eigenvalue weighted by Crippen LogP contribution is 2.23. The van der Waals surface area contributed by atoms with Gasteiger partial charge in [-0.05, 0) is 28.1 Å². The summed E-state index contributed by atoms with van der Waals surface area (Å²) in [6, 6.07) is 6.99. The van der Waals surface area contributed by atoms with Gasteiger partial charge in [-0.3, -0.25) is 0 Å². The van der Waals surface area contributed by atoms with E-state index in [4.69, 9.17) is 0 Å². The van der Waals surface area contributed by atoms with Crippen LogP contribution in [-0.4, -0.2) is 0 Å². The Labute approximate surface area is 66.1 Å². The van der Waals surface area contributed by atoms with Crippen LogP contribution in [-0.2, 0) is 0 Å². The maximum absolute atomic E-state index is 9.63. The molecular weight excluding hydrogens is 198 g/mol. The predicted molar refractivity (Wildman–Crippen MR) is 40.6 cm³/mol. The van der Waals surface area contributed by atoms with E-state index < -0.39 is 0 Å². The molecule has 4 heteroatoms. The number of hydrogen-bond acceptors (Lipinski definition) is 3. The van der Waals surface area contributed by atoms with Gasteiger partial charge in [0.15, 0.2) is 11.1 Å². The minimum Gasteiger partial charge on any atom is -0.323 e. The molecule has 0 N–H and O–H groups in total. The highest BCUT2D eigenvalue weighted by molar-refractivity contribution is 9.10. The molecule has 0 aliphatic heterocycles. The first-order valence-corrected chi connectivity index (χ1v) is 3.38. The van der Waals surface area contributed by atoms with Crippen LogP contribution in [0, 0.1) is 4.91 Å². The van der Waals surface area contributed by atoms with Crippen LogP contribution in [0.1, 0.15) is 0 Å². The fourth-order valence-electron chi connectivity index (χ4n) is 0.559. The first kappa shape index (κ1) is 7.21. The van der Waals surface area contributed by atoms with Crippen LogP contribution in [0.5, 0.6) is 5.75 Å². The van der Waals surface area contributed by atoms with Crippen molar-refractivity contribution in [3.8, 4) is 5.75 Å². The second-order valence-electron chi connectivity index (χ2n) is 1.60. The molecule has 0 radical (unpaired) electrons. The fraction of sp³-hybridized carbons (Fsp3) is 0. The quantitative estimate of drug-likeness (QED) is 0.545. The summed E-state index contributed by atoms with van der Waals surface area (Å²) in [7, 11) is 0. The van der Waals surface area contributed by atoms with E-state index in [-0.39, 0.29) is 0 Å². The van der Waals surface area contributed by atoms with Crippen LogP contribution in [0.25, 0.3) is 0 Å². The number of para-hydroxylation sites is 1. The molecule has 0 saturated carbocycles. The molecule has 0 saturated heterocycles. The maximum atomic E-state index is 9.63. The summed E-state index contributed by atoms with van der Waals surface area (Å²) < 4.78 is 0.717. The van der Waals surface area contributed by atoms with Gasteiger partial charge < -0.3 is 4.84 Å². The minimum atomic E-state index is 0.428. The molecule has 0 bridgehead atoms. The van der Waals surface area contributed by atoms with E-state index >= 15 is 0 Å². The lowest BCUT2D eigenvalue weighted by atomic mass is 10.3. The molecule has 0 atom stereocenters. The average Bonchev–Trinajstić information content (AvgIpc) is 1.94. The van der Waals surface area contributed by atoms with Gasteiger partial charge in [-0.1, -0.05) is 12.1 Å². The Kier molecular flexibility index (Phi) is 2.39. The Bertz CT molecular complexity index is 239. The fourth-order valence-corrected chi connectivity index (χ4v) is 0.916. The molecule has 1 rings (SSSR count). The molecule has 1 aromatic carbocycles. The van der Waals surface area contributed by atoms with E-state index in [2.05, 4.69) is 26.1 Å². The van der Waals surface area contributed by atoms with Crippen LogP contribution < -0.4 is 4.84 Å². The van der Waals surface area contributed by atoms with Gasteiger partial charge in [0, 0.05) is 0 Å². The SMILES string of the molecule is O=NOc1ccccc1Br. The van der Waals surface area contributed by atoms with E-state index in [1.807, 2.05) is 6.07 Å². The van der Waals surface area contributed by atoms with Crippen molar-refractivity contribution < 1.29 is 4.84 Å². The summed E-state index contributed by atoms with van der Waals surface area (Å²) in [6.45, 7) is 0. The van der Waals surface area contributed by atoms with E-state index in [1.54, 1.807) is 18.2 Å². The first-order valence-electron chi connectivity index (χ1n) is 2.59. The van der Waals surface area contributed by atoms with E-state index in [0.29, 0.717) is 5.75 Å². The molecule has 0 spiro atoms. The Morgan fingerprint density at radius 1 is 1.40 bits per heavy atom. The van der Waals surface area contributed by atoms with Crippen molar-refractivity contribution in [1.82, 2.24) is 0 Å². The van der Waals surface area contributed by atoms with Crippen molar-refractivity contribution in [2.24, 2.45) is 5.34 Å². The number of rotatable bonds is 2. The molecule has 0 aromatic heterocycles. The largest absolute Gasteiger partial charge is 0.323 e. The molecule has 3 nitrogen and oxygen atoms in total. The van der Waals surface area contributed by atoms with Gasteiger partial charge in [0.25, 0.3) is 0 Å². The third-order valence-corrected chi connectivity index (χ3v) is 1.63. The number of hydrogen-bond donors (Lipinski definition) is 0. The summed E-state index contributed by atoms with van der Waals surface area (Å²) in [5.74, 6) is 0.428. The molecule has 52 valence electrons. The predicted octanol–water partition coefficient (Wildman–Crippen LogP) is 2.51. The van der Waals surface area contributed by atoms with E-state index in [1.165, 1.54) is 0 Å². The van der Waals surface area contributed by atoms with Gasteiger partial charge in [0.05, 0.1) is 4.47 Å². The first-order chi connectivity index (χ1) is 4.84. The monoisotopic (exact) mass is 201 g/mol. The Hall–Kier alpha value is -0.900. The van der Waals surface area contributed by atoms with Crippen LogP contribution in [0.3, 0.4) is 0 Å². The highest BCUT2D eigenvalue weighted by Gasteiger charge is 1.97. The van der Waals surface area contributed by atoms with Crippen molar-refractivity contribution in [3.05, 3.63) is 33.6 Å².